The third-order valence-electron chi connectivity index (χ3n) is 4.59. The lowest BCUT2D eigenvalue weighted by molar-refractivity contribution is -0.112. The van der Waals surface area contributed by atoms with E-state index in [2.05, 4.69) is 11.8 Å². The molecule has 3 nitrogen and oxygen atoms in total. The average Bonchev–Trinajstić information content (AvgIpc) is 3.14. The Labute approximate surface area is 152 Å². The minimum Gasteiger partial charge on any atom is -0.335 e. The Bertz CT molecular complexity index is 1130. The van der Waals surface area contributed by atoms with Gasteiger partial charge in [-0.1, -0.05) is 48.2 Å². The number of hydrogen-bond donors (Lipinski definition) is 0. The van der Waals surface area contributed by atoms with E-state index >= 15 is 0 Å². The van der Waals surface area contributed by atoms with Crippen LogP contribution in [0.2, 0.25) is 0 Å². The molecule has 0 N–H and O–H groups in total. The van der Waals surface area contributed by atoms with E-state index in [1.807, 2.05) is 65.4 Å². The number of nitrogens with zero attached hydrogens (tertiary/aromatic N) is 2. The van der Waals surface area contributed by atoms with Gasteiger partial charge in [0.25, 0.3) is 5.91 Å². The molecule has 3 heteroatoms. The second-order valence-electron chi connectivity index (χ2n) is 6.10. The van der Waals surface area contributed by atoms with Crippen molar-refractivity contribution in [3.05, 3.63) is 65.9 Å². The Morgan fingerprint density at radius 3 is 2.50 bits per heavy atom. The first-order chi connectivity index (χ1) is 12.7. The maximum absolute atomic E-state index is 12.9. The lowest BCUT2D eigenvalue weighted by Crippen LogP contribution is -2.26. The van der Waals surface area contributed by atoms with Crippen molar-refractivity contribution in [3.63, 3.8) is 0 Å². The quantitative estimate of drug-likeness (QED) is 0.528. The number of hydrogen-bond acceptors (Lipinski definition) is 1. The Morgan fingerprint density at radius 1 is 0.962 bits per heavy atom. The van der Waals surface area contributed by atoms with Crippen LogP contribution in [0.4, 0.5) is 5.69 Å². The molecule has 124 valence electrons. The first kappa shape index (κ1) is 15.8. The van der Waals surface area contributed by atoms with Gasteiger partial charge in [0, 0.05) is 33.8 Å². The minimum atomic E-state index is -0.0714. The fraction of sp³-hybridized carbons (Fsp3) is 0.0870. The van der Waals surface area contributed by atoms with Crippen LogP contribution in [0.25, 0.3) is 22.6 Å². The zero-order valence-electron chi connectivity index (χ0n) is 14.1. The van der Waals surface area contributed by atoms with Crippen molar-refractivity contribution in [2.45, 2.75) is 6.54 Å². The standard InChI is InChI=1S/C23H16N2O/c1-3-13-24-16-17(18-9-5-7-11-21(18)24)15-20-19-10-6-8-12-22(19)25(14-4-2)23(20)26/h1-2,5-12,15-16H,13-14H2/b20-15-. The molecule has 0 spiro atoms. The zero-order valence-corrected chi connectivity index (χ0v) is 14.1. The molecule has 0 radical (unpaired) electrons. The molecule has 2 heterocycles. The molecular weight excluding hydrogens is 320 g/mol. The summed E-state index contributed by atoms with van der Waals surface area (Å²) in [6.07, 6.45) is 14.9. The summed E-state index contributed by atoms with van der Waals surface area (Å²) in [5, 5.41) is 1.07. The average molecular weight is 336 g/mol. The van der Waals surface area contributed by atoms with Crippen LogP contribution in [0.5, 0.6) is 0 Å². The van der Waals surface area contributed by atoms with E-state index in [-0.39, 0.29) is 12.5 Å². The Morgan fingerprint density at radius 2 is 1.69 bits per heavy atom. The number of terminal acetylenes is 2. The highest BCUT2D eigenvalue weighted by Crippen LogP contribution is 2.38. The van der Waals surface area contributed by atoms with Crippen LogP contribution >= 0.6 is 0 Å². The highest BCUT2D eigenvalue weighted by atomic mass is 16.2. The Hall–Kier alpha value is -3.69. The third kappa shape index (κ3) is 2.39. The number of carbonyl (C=O) groups excluding carboxylic acids is 1. The van der Waals surface area contributed by atoms with E-state index in [4.69, 9.17) is 12.8 Å². The summed E-state index contributed by atoms with van der Waals surface area (Å²) in [6, 6.07) is 15.8. The van der Waals surface area contributed by atoms with Gasteiger partial charge in [-0.25, -0.2) is 0 Å². The predicted molar refractivity (Wildman–Crippen MR) is 106 cm³/mol. The van der Waals surface area contributed by atoms with Crippen molar-refractivity contribution < 1.29 is 4.79 Å². The summed E-state index contributed by atoms with van der Waals surface area (Å²) in [5.41, 5.74) is 4.43. The van der Waals surface area contributed by atoms with Gasteiger partial charge in [0.15, 0.2) is 0 Å². The van der Waals surface area contributed by atoms with Gasteiger partial charge in [-0.15, -0.1) is 12.8 Å². The lowest BCUT2D eigenvalue weighted by atomic mass is 10.0. The largest absolute Gasteiger partial charge is 0.335 e. The van der Waals surface area contributed by atoms with Crippen LogP contribution in [0.1, 0.15) is 11.1 Å². The molecule has 0 bridgehead atoms. The second-order valence-corrected chi connectivity index (χ2v) is 6.10. The molecular formula is C23H16N2O. The van der Waals surface area contributed by atoms with Gasteiger partial charge >= 0.3 is 0 Å². The van der Waals surface area contributed by atoms with Gasteiger partial charge in [-0.05, 0) is 18.2 Å². The number of rotatable bonds is 3. The summed E-state index contributed by atoms with van der Waals surface area (Å²) in [5.74, 6) is 5.17. The fourth-order valence-electron chi connectivity index (χ4n) is 3.47. The molecule has 2 aromatic carbocycles. The van der Waals surface area contributed by atoms with E-state index < -0.39 is 0 Å². The summed E-state index contributed by atoms with van der Waals surface area (Å²) < 4.78 is 2.02. The molecule has 1 amide bonds. The molecule has 0 aliphatic carbocycles. The maximum atomic E-state index is 12.9. The minimum absolute atomic E-state index is 0.0714. The SMILES string of the molecule is C#CCN1C(=O)/C(=C\c2cn(CC#C)c3ccccc23)c2ccccc21. The van der Waals surface area contributed by atoms with Gasteiger partial charge in [0.1, 0.15) is 0 Å². The highest BCUT2D eigenvalue weighted by Gasteiger charge is 2.31. The van der Waals surface area contributed by atoms with Crippen LogP contribution in [0.15, 0.2) is 54.7 Å². The molecule has 3 aromatic rings. The van der Waals surface area contributed by atoms with Crippen LogP contribution in [0.3, 0.4) is 0 Å². The predicted octanol–water partition coefficient (Wildman–Crippen LogP) is 3.79. The number of amides is 1. The van der Waals surface area contributed by atoms with Crippen LogP contribution in [-0.4, -0.2) is 17.0 Å². The van der Waals surface area contributed by atoms with Crippen LogP contribution < -0.4 is 4.90 Å². The summed E-state index contributed by atoms with van der Waals surface area (Å²) in [7, 11) is 0. The van der Waals surface area contributed by atoms with E-state index in [0.717, 1.165) is 27.7 Å². The summed E-state index contributed by atoms with van der Waals surface area (Å²) >= 11 is 0. The van der Waals surface area contributed by atoms with Gasteiger partial charge in [0.2, 0.25) is 0 Å². The van der Waals surface area contributed by atoms with Crippen molar-refractivity contribution in [1.82, 2.24) is 4.57 Å². The first-order valence-electron chi connectivity index (χ1n) is 8.32. The number of anilines is 1. The maximum Gasteiger partial charge on any atom is 0.259 e. The normalized spacial score (nSPS) is 14.5. The number of fused-ring (bicyclic) bond motifs is 2. The summed E-state index contributed by atoms with van der Waals surface area (Å²) in [6.45, 7) is 0.740. The molecule has 1 aliphatic rings. The van der Waals surface area contributed by atoms with Gasteiger partial charge in [0.05, 0.1) is 18.8 Å². The molecule has 1 aliphatic heterocycles. The topological polar surface area (TPSA) is 25.2 Å². The molecule has 0 unspecified atom stereocenters. The van der Waals surface area contributed by atoms with Gasteiger partial charge < -0.3 is 4.57 Å². The molecule has 0 saturated carbocycles. The number of para-hydroxylation sites is 2. The van der Waals surface area contributed by atoms with Crippen LogP contribution in [-0.2, 0) is 11.3 Å². The summed E-state index contributed by atoms with van der Waals surface area (Å²) in [4.78, 5) is 14.6. The number of carbonyl (C=O) groups is 1. The molecule has 0 fully saturated rings. The molecule has 0 atom stereocenters. The van der Waals surface area contributed by atoms with E-state index in [0.29, 0.717) is 12.1 Å². The Balaban J connectivity index is 1.90. The van der Waals surface area contributed by atoms with Crippen molar-refractivity contribution >= 4 is 34.1 Å². The van der Waals surface area contributed by atoms with Crippen LogP contribution in [0, 0.1) is 24.7 Å². The Kier molecular flexibility index (Phi) is 3.84. The van der Waals surface area contributed by atoms with Crippen molar-refractivity contribution in [3.8, 4) is 24.7 Å². The fourth-order valence-corrected chi connectivity index (χ4v) is 3.47. The second kappa shape index (κ2) is 6.31. The molecule has 26 heavy (non-hydrogen) atoms. The van der Waals surface area contributed by atoms with E-state index in [1.165, 1.54) is 0 Å². The van der Waals surface area contributed by atoms with Gasteiger partial charge in [-0.3, -0.25) is 9.69 Å². The highest BCUT2D eigenvalue weighted by molar-refractivity contribution is 6.36. The van der Waals surface area contributed by atoms with Crippen molar-refractivity contribution in [2.75, 3.05) is 11.4 Å². The molecule has 1 aromatic heterocycles. The third-order valence-corrected chi connectivity index (χ3v) is 4.59. The van der Waals surface area contributed by atoms with Gasteiger partial charge in [-0.2, -0.15) is 0 Å². The lowest BCUT2D eigenvalue weighted by Gasteiger charge is -2.12. The van der Waals surface area contributed by atoms with E-state index in [9.17, 15) is 4.79 Å². The number of aromatic nitrogens is 1. The molecule has 0 saturated heterocycles. The molecule has 4 rings (SSSR count). The van der Waals surface area contributed by atoms with E-state index in [1.54, 1.807) is 4.90 Å². The smallest absolute Gasteiger partial charge is 0.259 e. The zero-order chi connectivity index (χ0) is 18.1. The van der Waals surface area contributed by atoms with Crippen molar-refractivity contribution in [2.24, 2.45) is 0 Å². The number of benzene rings is 2. The first-order valence-corrected chi connectivity index (χ1v) is 8.32. The monoisotopic (exact) mass is 336 g/mol. The van der Waals surface area contributed by atoms with Crippen molar-refractivity contribution in [1.29, 1.82) is 0 Å².